The van der Waals surface area contributed by atoms with E-state index in [-0.39, 0.29) is 24.6 Å². The number of amides is 2. The summed E-state index contributed by atoms with van der Waals surface area (Å²) >= 11 is 0. The van der Waals surface area contributed by atoms with Crippen molar-refractivity contribution in [1.29, 1.82) is 0 Å². The molecule has 0 saturated carbocycles. The minimum absolute atomic E-state index is 0.0561. The fourth-order valence-corrected chi connectivity index (χ4v) is 3.29. The van der Waals surface area contributed by atoms with Crippen LogP contribution in [-0.4, -0.2) is 44.0 Å². The second-order valence-corrected chi connectivity index (χ2v) is 6.79. The Morgan fingerprint density at radius 1 is 1.14 bits per heavy atom. The van der Waals surface area contributed by atoms with Gasteiger partial charge in [0.05, 0.1) is 25.8 Å². The lowest BCUT2D eigenvalue weighted by Gasteiger charge is -2.17. The van der Waals surface area contributed by atoms with E-state index in [1.54, 1.807) is 25.2 Å². The van der Waals surface area contributed by atoms with Gasteiger partial charge in [0.25, 0.3) is 0 Å². The zero-order chi connectivity index (χ0) is 21.0. The molecule has 0 aliphatic carbocycles. The van der Waals surface area contributed by atoms with Crippen LogP contribution in [0.4, 0.5) is 14.5 Å². The molecule has 2 aromatic carbocycles. The summed E-state index contributed by atoms with van der Waals surface area (Å²) in [5, 5.41) is 2.43. The monoisotopic (exact) mass is 404 g/mol. The number of likely N-dealkylation sites (tertiary alicyclic amines) is 1. The summed E-state index contributed by atoms with van der Waals surface area (Å²) in [5.41, 5.74) is 0.865. The topological polar surface area (TPSA) is 67.9 Å². The standard InChI is InChI=1S/C21H22F2N2O4/c1-28-18-6-3-13(9-19(18)29-2)7-8-25-12-14(10-20(25)26)21(27)24-17-5-4-15(22)11-16(17)23/h3-6,9,11,14H,7-8,10,12H2,1-2H3,(H,24,27). The Bertz CT molecular complexity index is 920. The van der Waals surface area contributed by atoms with E-state index in [1.807, 2.05) is 12.1 Å². The van der Waals surface area contributed by atoms with Crippen molar-refractivity contribution in [1.82, 2.24) is 4.90 Å². The number of halogens is 2. The largest absolute Gasteiger partial charge is 0.493 e. The van der Waals surface area contributed by atoms with E-state index in [9.17, 15) is 18.4 Å². The van der Waals surface area contributed by atoms with Crippen molar-refractivity contribution in [2.24, 2.45) is 5.92 Å². The van der Waals surface area contributed by atoms with Gasteiger partial charge in [-0.15, -0.1) is 0 Å². The average Bonchev–Trinajstić information content (AvgIpc) is 3.09. The molecule has 0 spiro atoms. The van der Waals surface area contributed by atoms with Crippen LogP contribution in [0.1, 0.15) is 12.0 Å². The predicted molar refractivity (Wildman–Crippen MR) is 103 cm³/mol. The number of carbonyl (C=O) groups is 2. The predicted octanol–water partition coefficient (Wildman–Crippen LogP) is 3.01. The molecule has 1 aliphatic rings. The second-order valence-electron chi connectivity index (χ2n) is 6.79. The van der Waals surface area contributed by atoms with Gasteiger partial charge in [-0.1, -0.05) is 6.07 Å². The zero-order valence-electron chi connectivity index (χ0n) is 16.2. The number of carbonyl (C=O) groups excluding carboxylic acids is 2. The Hall–Kier alpha value is -3.16. The maximum Gasteiger partial charge on any atom is 0.229 e. The minimum atomic E-state index is -0.854. The van der Waals surface area contributed by atoms with Crippen molar-refractivity contribution < 1.29 is 27.8 Å². The van der Waals surface area contributed by atoms with Gasteiger partial charge in [-0.2, -0.15) is 0 Å². The molecule has 1 fully saturated rings. The first kappa shape index (κ1) is 20.6. The smallest absolute Gasteiger partial charge is 0.229 e. The van der Waals surface area contributed by atoms with Crippen LogP contribution >= 0.6 is 0 Å². The molecule has 6 nitrogen and oxygen atoms in total. The van der Waals surface area contributed by atoms with E-state index in [4.69, 9.17) is 9.47 Å². The van der Waals surface area contributed by atoms with E-state index >= 15 is 0 Å². The molecule has 1 aliphatic heterocycles. The molecule has 1 unspecified atom stereocenters. The highest BCUT2D eigenvalue weighted by molar-refractivity contribution is 5.97. The molecule has 2 aromatic rings. The highest BCUT2D eigenvalue weighted by Gasteiger charge is 2.34. The van der Waals surface area contributed by atoms with Crippen LogP contribution in [0, 0.1) is 17.6 Å². The molecule has 29 heavy (non-hydrogen) atoms. The second kappa shape index (κ2) is 8.89. The molecule has 0 aromatic heterocycles. The van der Waals surface area contributed by atoms with Gasteiger partial charge in [0, 0.05) is 25.6 Å². The van der Waals surface area contributed by atoms with Gasteiger partial charge < -0.3 is 19.7 Å². The molecule has 0 radical (unpaired) electrons. The van der Waals surface area contributed by atoms with Gasteiger partial charge in [0.2, 0.25) is 11.8 Å². The first-order chi connectivity index (χ1) is 13.9. The maximum absolute atomic E-state index is 13.7. The highest BCUT2D eigenvalue weighted by Crippen LogP contribution is 2.28. The van der Waals surface area contributed by atoms with E-state index in [0.29, 0.717) is 30.5 Å². The zero-order valence-corrected chi connectivity index (χ0v) is 16.2. The van der Waals surface area contributed by atoms with E-state index in [2.05, 4.69) is 5.32 Å². The molecule has 3 rings (SSSR count). The molecule has 2 amide bonds. The molecule has 1 atom stereocenters. The van der Waals surface area contributed by atoms with Crippen molar-refractivity contribution in [2.45, 2.75) is 12.8 Å². The minimum Gasteiger partial charge on any atom is -0.493 e. The molecule has 1 saturated heterocycles. The van der Waals surface area contributed by atoms with Crippen molar-refractivity contribution in [3.63, 3.8) is 0 Å². The third-order valence-electron chi connectivity index (χ3n) is 4.89. The fraction of sp³-hybridized carbons (Fsp3) is 0.333. The molecule has 8 heteroatoms. The molecule has 0 bridgehead atoms. The van der Waals surface area contributed by atoms with Crippen molar-refractivity contribution in [3.8, 4) is 11.5 Å². The third-order valence-corrected chi connectivity index (χ3v) is 4.89. The number of rotatable bonds is 7. The number of benzene rings is 2. The lowest BCUT2D eigenvalue weighted by molar-refractivity contribution is -0.128. The van der Waals surface area contributed by atoms with E-state index < -0.39 is 23.5 Å². The van der Waals surface area contributed by atoms with E-state index in [1.165, 1.54) is 0 Å². The van der Waals surface area contributed by atoms with Gasteiger partial charge in [-0.25, -0.2) is 8.78 Å². The van der Waals surface area contributed by atoms with Gasteiger partial charge in [0.1, 0.15) is 11.6 Å². The van der Waals surface area contributed by atoms with Crippen LogP contribution in [0.5, 0.6) is 11.5 Å². The van der Waals surface area contributed by atoms with Gasteiger partial charge >= 0.3 is 0 Å². The van der Waals surface area contributed by atoms with Crippen LogP contribution in [0.3, 0.4) is 0 Å². The van der Waals surface area contributed by atoms with Gasteiger partial charge in [-0.05, 0) is 36.2 Å². The molecular weight excluding hydrogens is 382 g/mol. The summed E-state index contributed by atoms with van der Waals surface area (Å²) < 4.78 is 37.2. The summed E-state index contributed by atoms with van der Waals surface area (Å²) in [6.07, 6.45) is 0.646. The van der Waals surface area contributed by atoms with Gasteiger partial charge in [0.15, 0.2) is 11.5 Å². The lowest BCUT2D eigenvalue weighted by atomic mass is 10.1. The summed E-state index contributed by atoms with van der Waals surface area (Å²) in [5.74, 6) is -1.53. The van der Waals surface area contributed by atoms with Crippen LogP contribution < -0.4 is 14.8 Å². The summed E-state index contributed by atoms with van der Waals surface area (Å²) in [6.45, 7) is 0.698. The SMILES string of the molecule is COc1ccc(CCN2CC(C(=O)Nc3ccc(F)cc3F)CC2=O)cc1OC. The third kappa shape index (κ3) is 4.82. The van der Waals surface area contributed by atoms with Crippen LogP contribution in [0.2, 0.25) is 0 Å². The first-order valence-corrected chi connectivity index (χ1v) is 9.16. The number of anilines is 1. The van der Waals surface area contributed by atoms with E-state index in [0.717, 1.165) is 17.7 Å². The van der Waals surface area contributed by atoms with Crippen LogP contribution in [0.25, 0.3) is 0 Å². The normalized spacial score (nSPS) is 16.1. The van der Waals surface area contributed by atoms with Crippen LogP contribution in [-0.2, 0) is 16.0 Å². The molecule has 1 N–H and O–H groups in total. The number of hydrogen-bond donors (Lipinski definition) is 1. The summed E-state index contributed by atoms with van der Waals surface area (Å²) in [4.78, 5) is 26.3. The number of methoxy groups -OCH3 is 2. The van der Waals surface area contributed by atoms with Crippen molar-refractivity contribution in [2.75, 3.05) is 32.6 Å². The summed E-state index contributed by atoms with van der Waals surface area (Å²) in [6, 6.07) is 8.46. The Kier molecular flexibility index (Phi) is 6.31. The fourth-order valence-electron chi connectivity index (χ4n) is 3.29. The molecule has 154 valence electrons. The number of hydrogen-bond acceptors (Lipinski definition) is 4. The maximum atomic E-state index is 13.7. The molecular formula is C21H22F2N2O4. The highest BCUT2D eigenvalue weighted by atomic mass is 19.1. The Morgan fingerprint density at radius 2 is 1.90 bits per heavy atom. The Labute approximate surface area is 167 Å². The van der Waals surface area contributed by atoms with Crippen molar-refractivity contribution in [3.05, 3.63) is 53.6 Å². The average molecular weight is 404 g/mol. The van der Waals surface area contributed by atoms with Crippen LogP contribution in [0.15, 0.2) is 36.4 Å². The number of nitrogens with one attached hydrogen (secondary N) is 1. The molecule has 1 heterocycles. The van der Waals surface area contributed by atoms with Crippen molar-refractivity contribution >= 4 is 17.5 Å². The summed E-state index contributed by atoms with van der Waals surface area (Å²) in [7, 11) is 3.11. The van der Waals surface area contributed by atoms with Gasteiger partial charge in [-0.3, -0.25) is 9.59 Å². The quantitative estimate of drug-likeness (QED) is 0.770. The number of nitrogens with zero attached hydrogens (tertiary/aromatic N) is 1. The lowest BCUT2D eigenvalue weighted by Crippen LogP contribution is -2.30. The number of ether oxygens (including phenoxy) is 2. The Morgan fingerprint density at radius 3 is 2.59 bits per heavy atom. The first-order valence-electron chi connectivity index (χ1n) is 9.16. The Balaban J connectivity index is 1.58.